The van der Waals surface area contributed by atoms with Gasteiger partial charge in [0.2, 0.25) is 0 Å². The Morgan fingerprint density at radius 3 is 2.14 bits per heavy atom. The van der Waals surface area contributed by atoms with Crippen LogP contribution < -0.4 is 0 Å². The SMILES string of the molecule is C=C(SC(C)(C)C(=O)O)N(CC)CC. The molecule has 0 aliphatic rings. The summed E-state index contributed by atoms with van der Waals surface area (Å²) in [6.07, 6.45) is 0. The molecule has 0 fully saturated rings. The van der Waals surface area contributed by atoms with Gasteiger partial charge in [0.15, 0.2) is 0 Å². The lowest BCUT2D eigenvalue weighted by Crippen LogP contribution is -2.30. The van der Waals surface area contributed by atoms with Crippen molar-refractivity contribution >= 4 is 17.7 Å². The molecular weight excluding hydrogens is 198 g/mol. The Bertz CT molecular complexity index is 222. The Morgan fingerprint density at radius 2 is 1.86 bits per heavy atom. The molecule has 0 amide bonds. The quantitative estimate of drug-likeness (QED) is 0.741. The second-order valence-corrected chi connectivity index (χ2v) is 5.18. The summed E-state index contributed by atoms with van der Waals surface area (Å²) in [6.45, 7) is 13.0. The maximum atomic E-state index is 10.9. The molecule has 3 nitrogen and oxygen atoms in total. The van der Waals surface area contributed by atoms with Gasteiger partial charge >= 0.3 is 5.97 Å². The molecule has 14 heavy (non-hydrogen) atoms. The fourth-order valence-corrected chi connectivity index (χ4v) is 2.04. The third-order valence-electron chi connectivity index (χ3n) is 2.00. The lowest BCUT2D eigenvalue weighted by molar-refractivity contribution is -0.138. The van der Waals surface area contributed by atoms with Crippen molar-refractivity contribution in [3.8, 4) is 0 Å². The highest BCUT2D eigenvalue weighted by Crippen LogP contribution is 2.32. The average Bonchev–Trinajstić information content (AvgIpc) is 2.05. The summed E-state index contributed by atoms with van der Waals surface area (Å²) in [4.78, 5) is 12.9. The molecule has 0 aromatic rings. The summed E-state index contributed by atoms with van der Waals surface area (Å²) in [5.74, 6) is -0.809. The molecule has 0 saturated heterocycles. The third-order valence-corrected chi connectivity index (χ3v) is 3.18. The zero-order chi connectivity index (χ0) is 11.4. The van der Waals surface area contributed by atoms with Gasteiger partial charge in [0.05, 0.1) is 5.03 Å². The van der Waals surface area contributed by atoms with E-state index in [9.17, 15) is 4.79 Å². The maximum absolute atomic E-state index is 10.9. The minimum Gasteiger partial charge on any atom is -0.480 e. The smallest absolute Gasteiger partial charge is 0.319 e. The molecule has 0 atom stereocenters. The van der Waals surface area contributed by atoms with Crippen molar-refractivity contribution in [3.63, 3.8) is 0 Å². The highest BCUT2D eigenvalue weighted by Gasteiger charge is 2.29. The second-order valence-electron chi connectivity index (χ2n) is 3.48. The third kappa shape index (κ3) is 3.62. The molecule has 0 rings (SSSR count). The van der Waals surface area contributed by atoms with Crippen LogP contribution >= 0.6 is 11.8 Å². The molecule has 0 aliphatic carbocycles. The van der Waals surface area contributed by atoms with Crippen LogP contribution in [0.25, 0.3) is 0 Å². The standard InChI is InChI=1S/C10H19NO2S/c1-6-11(7-2)8(3)14-10(4,5)9(12)13/h3,6-7H2,1-2,4-5H3,(H,12,13). The molecule has 0 unspecified atom stereocenters. The first-order chi connectivity index (χ1) is 6.35. The Labute approximate surface area is 90.2 Å². The zero-order valence-electron chi connectivity index (χ0n) is 9.33. The lowest BCUT2D eigenvalue weighted by atomic mass is 10.2. The van der Waals surface area contributed by atoms with Crippen molar-refractivity contribution < 1.29 is 9.90 Å². The number of nitrogens with zero attached hydrogens (tertiary/aromatic N) is 1. The summed E-state index contributed by atoms with van der Waals surface area (Å²) in [5.41, 5.74) is 0. The van der Waals surface area contributed by atoms with Crippen molar-refractivity contribution in [2.75, 3.05) is 13.1 Å². The fraction of sp³-hybridized carbons (Fsp3) is 0.700. The van der Waals surface area contributed by atoms with Gasteiger partial charge in [-0.3, -0.25) is 4.79 Å². The van der Waals surface area contributed by atoms with Crippen molar-refractivity contribution in [1.82, 2.24) is 4.90 Å². The number of hydrogen-bond acceptors (Lipinski definition) is 3. The summed E-state index contributed by atoms with van der Waals surface area (Å²) in [6, 6.07) is 0. The Morgan fingerprint density at radius 1 is 1.43 bits per heavy atom. The Hall–Kier alpha value is -0.640. The highest BCUT2D eigenvalue weighted by atomic mass is 32.2. The Balaban J connectivity index is 4.38. The number of carbonyl (C=O) groups is 1. The molecular formula is C10H19NO2S. The molecule has 0 heterocycles. The van der Waals surface area contributed by atoms with Crippen LogP contribution in [0, 0.1) is 0 Å². The van der Waals surface area contributed by atoms with E-state index in [-0.39, 0.29) is 0 Å². The van der Waals surface area contributed by atoms with E-state index in [4.69, 9.17) is 5.11 Å². The molecule has 82 valence electrons. The van der Waals surface area contributed by atoms with Gasteiger partial charge in [-0.05, 0) is 27.7 Å². The van der Waals surface area contributed by atoms with Gasteiger partial charge in [0.1, 0.15) is 4.75 Å². The van der Waals surface area contributed by atoms with E-state index < -0.39 is 10.7 Å². The van der Waals surface area contributed by atoms with E-state index in [0.29, 0.717) is 0 Å². The summed E-state index contributed by atoms with van der Waals surface area (Å²) < 4.78 is -0.806. The predicted molar refractivity (Wildman–Crippen MR) is 61.4 cm³/mol. The van der Waals surface area contributed by atoms with Gasteiger partial charge in [0, 0.05) is 13.1 Å². The number of hydrogen-bond donors (Lipinski definition) is 1. The number of aliphatic carboxylic acids is 1. The van der Waals surface area contributed by atoms with Crippen LogP contribution in [0.4, 0.5) is 0 Å². The first kappa shape index (κ1) is 13.4. The monoisotopic (exact) mass is 217 g/mol. The van der Waals surface area contributed by atoms with Crippen LogP contribution in [0.2, 0.25) is 0 Å². The van der Waals surface area contributed by atoms with Gasteiger partial charge in [-0.25, -0.2) is 0 Å². The summed E-state index contributed by atoms with van der Waals surface area (Å²) in [5, 5.41) is 9.76. The zero-order valence-corrected chi connectivity index (χ0v) is 10.1. The largest absolute Gasteiger partial charge is 0.480 e. The molecule has 0 aromatic heterocycles. The average molecular weight is 217 g/mol. The molecule has 1 N–H and O–H groups in total. The second kappa shape index (κ2) is 5.29. The summed E-state index contributed by atoms with van der Waals surface area (Å²) >= 11 is 1.30. The number of rotatable bonds is 6. The van der Waals surface area contributed by atoms with Crippen LogP contribution in [0.1, 0.15) is 27.7 Å². The van der Waals surface area contributed by atoms with Crippen LogP contribution in [-0.2, 0) is 4.79 Å². The van der Waals surface area contributed by atoms with Crippen molar-refractivity contribution in [1.29, 1.82) is 0 Å². The Kier molecular flexibility index (Phi) is 5.05. The van der Waals surface area contributed by atoms with Crippen LogP contribution in [0.3, 0.4) is 0 Å². The molecule has 0 bridgehead atoms. The van der Waals surface area contributed by atoms with E-state index >= 15 is 0 Å². The predicted octanol–water partition coefficient (Wildman–Crippen LogP) is 2.40. The van der Waals surface area contributed by atoms with Crippen molar-refractivity contribution in [2.45, 2.75) is 32.4 Å². The number of thioether (sulfide) groups is 1. The molecule has 0 aliphatic heterocycles. The van der Waals surface area contributed by atoms with Crippen LogP contribution in [-0.4, -0.2) is 33.8 Å². The first-order valence-electron chi connectivity index (χ1n) is 4.71. The molecule has 4 heteroatoms. The van der Waals surface area contributed by atoms with Gasteiger partial charge in [0.25, 0.3) is 0 Å². The van der Waals surface area contributed by atoms with E-state index in [0.717, 1.165) is 18.1 Å². The minimum absolute atomic E-state index is 0.806. The van der Waals surface area contributed by atoms with Gasteiger partial charge < -0.3 is 10.0 Å². The van der Waals surface area contributed by atoms with E-state index in [1.807, 2.05) is 13.8 Å². The normalized spacial score (nSPS) is 11.1. The van der Waals surface area contributed by atoms with Crippen LogP contribution in [0.15, 0.2) is 11.6 Å². The van der Waals surface area contributed by atoms with Crippen molar-refractivity contribution in [2.24, 2.45) is 0 Å². The van der Waals surface area contributed by atoms with Gasteiger partial charge in [-0.2, -0.15) is 0 Å². The van der Waals surface area contributed by atoms with Gasteiger partial charge in [-0.1, -0.05) is 18.3 Å². The number of carboxylic acid groups (broad SMARTS) is 1. The first-order valence-corrected chi connectivity index (χ1v) is 5.53. The fourth-order valence-electron chi connectivity index (χ4n) is 0.979. The number of carboxylic acids is 1. The van der Waals surface area contributed by atoms with Gasteiger partial charge in [-0.15, -0.1) is 0 Å². The highest BCUT2D eigenvalue weighted by molar-refractivity contribution is 8.04. The molecule has 0 spiro atoms. The van der Waals surface area contributed by atoms with Crippen LogP contribution in [0.5, 0.6) is 0 Å². The van der Waals surface area contributed by atoms with E-state index in [1.165, 1.54) is 11.8 Å². The molecule has 0 saturated carbocycles. The molecule has 0 aromatic carbocycles. The topological polar surface area (TPSA) is 40.5 Å². The van der Waals surface area contributed by atoms with E-state index in [1.54, 1.807) is 13.8 Å². The maximum Gasteiger partial charge on any atom is 0.319 e. The molecule has 0 radical (unpaired) electrons. The van der Waals surface area contributed by atoms with Crippen molar-refractivity contribution in [3.05, 3.63) is 11.6 Å². The van der Waals surface area contributed by atoms with E-state index in [2.05, 4.69) is 11.5 Å². The summed E-state index contributed by atoms with van der Waals surface area (Å²) in [7, 11) is 0. The minimum atomic E-state index is -0.809. The lowest BCUT2D eigenvalue weighted by Gasteiger charge is -2.27.